The second-order valence-electron chi connectivity index (χ2n) is 10.4. The Morgan fingerprint density at radius 3 is 1.79 bits per heavy atom. The summed E-state index contributed by atoms with van der Waals surface area (Å²) in [4.78, 5) is 39.7. The fourth-order valence-corrected chi connectivity index (χ4v) is 6.64. The molecule has 0 saturated heterocycles. The molecule has 1 aliphatic heterocycles. The molecule has 4 rings (SSSR count). The van der Waals surface area contributed by atoms with Crippen molar-refractivity contribution in [2.45, 2.75) is 26.2 Å². The van der Waals surface area contributed by atoms with E-state index in [1.807, 2.05) is 5.32 Å². The Hall–Kier alpha value is 1.23. The molecular formula is C27H22K4N6O16S4. The van der Waals surface area contributed by atoms with Gasteiger partial charge in [0.15, 0.2) is 5.71 Å². The van der Waals surface area contributed by atoms with E-state index in [0.717, 1.165) is 15.8 Å². The number of rotatable bonds is 13. The standard InChI is InChI=1S/C27H26N6O16S4.4K/c1-32-26(35)17(21(29-32)14-49-31-20-13-16(51(40,41)42)9-11-23(20)53(46,47)48)6-4-3-5-7-18-24(30-33(2)27(18)36)25(34)28-19-12-15(50(37,38)39)8-10-22(19)52(43,44)45;;;;/h3-13,29,31H,14H2,1-2H3,(H,28,34)(H,37,38,39)(H,40,41,42)(H,43,44,45)(H,46,47,48);;;;/q;4*+1/p-4. The summed E-state index contributed by atoms with van der Waals surface area (Å²) in [6.07, 6.45) is 6.16. The Labute approximate surface area is 495 Å². The van der Waals surface area contributed by atoms with Gasteiger partial charge >= 0.3 is 206 Å². The zero-order valence-electron chi connectivity index (χ0n) is 30.6. The molecule has 2 heterocycles. The van der Waals surface area contributed by atoms with Gasteiger partial charge in [-0.1, -0.05) is 18.2 Å². The van der Waals surface area contributed by atoms with Crippen molar-refractivity contribution in [3.63, 3.8) is 0 Å². The maximum absolute atomic E-state index is 13.0. The number of nitrogens with zero attached hydrogens (tertiary/aromatic N) is 3. The number of allylic oxidation sites excluding steroid dienone is 4. The van der Waals surface area contributed by atoms with Crippen LogP contribution in [0.2, 0.25) is 0 Å². The second kappa shape index (κ2) is 23.8. The summed E-state index contributed by atoms with van der Waals surface area (Å²) in [5.41, 5.74) is -0.984. The third-order valence-electron chi connectivity index (χ3n) is 6.82. The van der Waals surface area contributed by atoms with E-state index in [0.29, 0.717) is 36.4 Å². The first-order valence-electron chi connectivity index (χ1n) is 13.9. The fraction of sp³-hybridized carbons (Fsp3) is 0.111. The number of nitrogens with one attached hydrogen (secondary N) is 3. The number of anilines is 2. The zero-order chi connectivity index (χ0) is 39.7. The van der Waals surface area contributed by atoms with Crippen molar-refractivity contribution in [1.82, 2.24) is 14.8 Å². The molecule has 3 aromatic rings. The smallest absolute Gasteiger partial charge is 0.744 e. The van der Waals surface area contributed by atoms with Crippen molar-refractivity contribution in [2.24, 2.45) is 12.1 Å². The average Bonchev–Trinajstić information content (AvgIpc) is 3.47. The number of carbonyl (C=O) groups is 2. The summed E-state index contributed by atoms with van der Waals surface area (Å²) < 4.78 is 139. The number of aromatic amines is 1. The number of likely N-dealkylation sites (N-methyl/N-ethyl adjacent to an activating group) is 1. The molecule has 0 saturated carbocycles. The maximum atomic E-state index is 13.0. The van der Waals surface area contributed by atoms with Crippen molar-refractivity contribution in [1.29, 1.82) is 0 Å². The Balaban J connectivity index is 0.00000784. The molecule has 3 N–H and O–H groups in total. The molecule has 0 spiro atoms. The first-order valence-corrected chi connectivity index (χ1v) is 19.5. The van der Waals surface area contributed by atoms with Crippen LogP contribution in [0.5, 0.6) is 0 Å². The Morgan fingerprint density at radius 1 is 0.772 bits per heavy atom. The number of carbonyl (C=O) groups excluding carboxylic acids is 2. The normalized spacial score (nSPS) is 14.1. The number of H-pyrrole nitrogens is 1. The third kappa shape index (κ3) is 15.8. The van der Waals surface area contributed by atoms with E-state index in [9.17, 15) is 66.3 Å². The van der Waals surface area contributed by atoms with Gasteiger partial charge in [0.1, 0.15) is 47.1 Å². The van der Waals surface area contributed by atoms with Gasteiger partial charge in [0.25, 0.3) is 17.4 Å². The van der Waals surface area contributed by atoms with Crippen LogP contribution >= 0.6 is 0 Å². The summed E-state index contributed by atoms with van der Waals surface area (Å²) in [6, 6.07) is 3.30. The first-order chi connectivity index (χ1) is 24.4. The van der Waals surface area contributed by atoms with Crippen molar-refractivity contribution < 1.29 is 272 Å². The second-order valence-corrected chi connectivity index (χ2v) is 15.9. The van der Waals surface area contributed by atoms with Crippen LogP contribution in [0.25, 0.3) is 6.08 Å². The van der Waals surface area contributed by atoms with Crippen LogP contribution in [0.3, 0.4) is 0 Å². The van der Waals surface area contributed by atoms with Gasteiger partial charge in [-0.25, -0.2) is 38.7 Å². The van der Waals surface area contributed by atoms with Gasteiger partial charge < -0.3 is 23.5 Å². The molecule has 57 heavy (non-hydrogen) atoms. The first kappa shape index (κ1) is 58.2. The van der Waals surface area contributed by atoms with Crippen LogP contribution < -0.4 is 222 Å². The molecule has 2 amide bonds. The van der Waals surface area contributed by atoms with Gasteiger partial charge in [-0.2, -0.15) is 5.10 Å². The quantitative estimate of drug-likeness (QED) is 0.0471. The molecule has 0 unspecified atom stereocenters. The molecule has 1 aliphatic rings. The number of aromatic nitrogens is 2. The summed E-state index contributed by atoms with van der Waals surface area (Å²) in [7, 11) is -18.2. The van der Waals surface area contributed by atoms with E-state index in [1.54, 1.807) is 0 Å². The molecule has 2 aromatic carbocycles. The molecule has 0 aliphatic carbocycles. The number of amides is 2. The number of hydrazone groups is 1. The SMILES string of the molecule is CN1N=C(C(=O)Nc2cc(S(=O)(=O)[O-])ccc2S(=O)(=O)[O-])C(=CC=CC=Cc2c(CONc3cc(S(=O)(=O)[O-])ccc3S(=O)(=O)[O-])[nH]n(C)c2=O)C1=O.[K+].[K+].[K+].[K+]. The molecule has 0 bridgehead atoms. The summed E-state index contributed by atoms with van der Waals surface area (Å²) in [6.45, 7) is -0.523. The Bertz CT molecular complexity index is 2680. The van der Waals surface area contributed by atoms with E-state index < -0.39 is 101 Å². The minimum absolute atomic E-state index is 0. The fourth-order valence-electron chi connectivity index (χ4n) is 4.43. The minimum Gasteiger partial charge on any atom is -0.744 e. The number of hydrogen-bond acceptors (Lipinski definition) is 18. The molecule has 0 atom stereocenters. The van der Waals surface area contributed by atoms with Crippen LogP contribution in [-0.2, 0) is 68.6 Å². The Kier molecular flexibility index (Phi) is 24.3. The predicted molar refractivity (Wildman–Crippen MR) is 174 cm³/mol. The molecule has 284 valence electrons. The van der Waals surface area contributed by atoms with Crippen LogP contribution in [0.15, 0.2) is 95.8 Å². The minimum atomic E-state index is -5.29. The van der Waals surface area contributed by atoms with Crippen LogP contribution in [0, 0.1) is 0 Å². The van der Waals surface area contributed by atoms with Crippen molar-refractivity contribution in [3.8, 4) is 0 Å². The van der Waals surface area contributed by atoms with E-state index in [2.05, 4.69) is 15.7 Å². The topological polar surface area (TPSA) is 350 Å². The van der Waals surface area contributed by atoms with Crippen LogP contribution in [-0.4, -0.2) is 91.2 Å². The van der Waals surface area contributed by atoms with Crippen molar-refractivity contribution >= 4 is 75.4 Å². The molecule has 1 aromatic heterocycles. The van der Waals surface area contributed by atoms with Crippen molar-refractivity contribution in [3.05, 3.63) is 87.9 Å². The molecule has 22 nitrogen and oxygen atoms in total. The summed E-state index contributed by atoms with van der Waals surface area (Å²) in [5.74, 6) is -2.09. The predicted octanol–water partition coefficient (Wildman–Crippen LogP) is -13.1. The van der Waals surface area contributed by atoms with Gasteiger partial charge in [-0.15, -0.1) is 0 Å². The number of hydrogen-bond donors (Lipinski definition) is 3. The van der Waals surface area contributed by atoms with E-state index in [4.69, 9.17) is 4.84 Å². The van der Waals surface area contributed by atoms with Gasteiger partial charge in [0.2, 0.25) is 0 Å². The molecule has 0 fully saturated rings. The van der Waals surface area contributed by atoms with E-state index in [-0.39, 0.29) is 222 Å². The number of benzene rings is 2. The molecular weight excluding hydrogens is 949 g/mol. The van der Waals surface area contributed by atoms with Crippen LogP contribution in [0.1, 0.15) is 11.3 Å². The van der Waals surface area contributed by atoms with Crippen LogP contribution in [0.4, 0.5) is 11.4 Å². The summed E-state index contributed by atoms with van der Waals surface area (Å²) in [5, 5.41) is 9.13. The van der Waals surface area contributed by atoms with E-state index in [1.165, 1.54) is 38.4 Å². The van der Waals surface area contributed by atoms with Crippen molar-refractivity contribution in [2.75, 3.05) is 17.8 Å². The van der Waals surface area contributed by atoms with Gasteiger partial charge in [-0.3, -0.25) is 34.5 Å². The maximum Gasteiger partial charge on any atom is 1.00 e. The molecule has 0 radical (unpaired) electrons. The largest absolute Gasteiger partial charge is 1.00 e. The molecule has 30 heteroatoms. The van der Waals surface area contributed by atoms with E-state index >= 15 is 0 Å². The van der Waals surface area contributed by atoms with Gasteiger partial charge in [0.05, 0.1) is 47.8 Å². The zero-order valence-corrected chi connectivity index (χ0v) is 46.3. The summed E-state index contributed by atoms with van der Waals surface area (Å²) >= 11 is 0. The third-order valence-corrected chi connectivity index (χ3v) is 10.3. The van der Waals surface area contributed by atoms with Gasteiger partial charge in [-0.05, 0) is 48.6 Å². The average molecular weight is 971 g/mol. The monoisotopic (exact) mass is 970 g/mol. The van der Waals surface area contributed by atoms with Gasteiger partial charge in [0, 0.05) is 14.1 Å². The Morgan fingerprint density at radius 2 is 1.28 bits per heavy atom. The number of aryl methyl sites for hydroxylation is 1.